The van der Waals surface area contributed by atoms with Gasteiger partial charge in [0.15, 0.2) is 0 Å². The number of carbonyl (C=O) groups is 2. The number of hydrogen-bond acceptors (Lipinski definition) is 2. The van der Waals surface area contributed by atoms with E-state index in [1.807, 2.05) is 6.92 Å². The van der Waals surface area contributed by atoms with Crippen molar-refractivity contribution in [1.29, 1.82) is 0 Å². The molecular formula is C13H24N2O3. The van der Waals surface area contributed by atoms with Crippen LogP contribution in [0.1, 0.15) is 52.9 Å². The van der Waals surface area contributed by atoms with Crippen LogP contribution < -0.4 is 10.6 Å². The van der Waals surface area contributed by atoms with Crippen molar-refractivity contribution < 1.29 is 14.7 Å². The van der Waals surface area contributed by atoms with Crippen LogP contribution in [0.2, 0.25) is 0 Å². The molecular weight excluding hydrogens is 232 g/mol. The third-order valence-corrected chi connectivity index (χ3v) is 3.68. The molecule has 1 unspecified atom stereocenters. The molecule has 5 heteroatoms. The molecule has 1 aliphatic rings. The minimum atomic E-state index is -1.24. The number of amides is 2. The maximum absolute atomic E-state index is 11.7. The molecule has 1 fully saturated rings. The fraction of sp³-hybridized carbons (Fsp3) is 0.846. The molecule has 1 rings (SSSR count). The monoisotopic (exact) mass is 256 g/mol. The lowest BCUT2D eigenvalue weighted by molar-refractivity contribution is -0.142. The van der Waals surface area contributed by atoms with E-state index in [9.17, 15) is 9.59 Å². The van der Waals surface area contributed by atoms with Crippen molar-refractivity contribution in [3.8, 4) is 0 Å². The van der Waals surface area contributed by atoms with Crippen molar-refractivity contribution >= 4 is 12.0 Å². The Balaban J connectivity index is 2.41. The summed E-state index contributed by atoms with van der Waals surface area (Å²) in [6, 6.07) is -0.310. The zero-order chi connectivity index (χ0) is 13.8. The van der Waals surface area contributed by atoms with Crippen LogP contribution in [0, 0.1) is 5.92 Å². The van der Waals surface area contributed by atoms with E-state index in [2.05, 4.69) is 10.6 Å². The maximum Gasteiger partial charge on any atom is 0.328 e. The van der Waals surface area contributed by atoms with E-state index >= 15 is 0 Å². The lowest BCUT2D eigenvalue weighted by Gasteiger charge is -2.29. The molecule has 104 valence electrons. The first-order valence-electron chi connectivity index (χ1n) is 6.65. The Bertz CT molecular complexity index is 309. The third-order valence-electron chi connectivity index (χ3n) is 3.68. The fourth-order valence-electron chi connectivity index (χ4n) is 2.33. The molecule has 5 nitrogen and oxygen atoms in total. The van der Waals surface area contributed by atoms with Crippen LogP contribution in [-0.4, -0.2) is 28.7 Å². The highest BCUT2D eigenvalue weighted by Crippen LogP contribution is 2.26. The van der Waals surface area contributed by atoms with Gasteiger partial charge < -0.3 is 15.7 Å². The van der Waals surface area contributed by atoms with Crippen LogP contribution in [-0.2, 0) is 4.79 Å². The highest BCUT2D eigenvalue weighted by atomic mass is 16.4. The molecule has 1 aliphatic carbocycles. The SMILES string of the molecule is CC(NC(=O)NC(C)(C)C(=O)O)C1CCCCC1. The molecule has 18 heavy (non-hydrogen) atoms. The molecule has 2 amide bonds. The Hall–Kier alpha value is -1.26. The zero-order valence-corrected chi connectivity index (χ0v) is 11.5. The first kappa shape index (κ1) is 14.8. The summed E-state index contributed by atoms with van der Waals surface area (Å²) in [4.78, 5) is 22.6. The predicted octanol–water partition coefficient (Wildman–Crippen LogP) is 2.12. The number of hydrogen-bond donors (Lipinski definition) is 3. The average molecular weight is 256 g/mol. The summed E-state index contributed by atoms with van der Waals surface area (Å²) < 4.78 is 0. The quantitative estimate of drug-likeness (QED) is 0.721. The van der Waals surface area contributed by atoms with E-state index in [-0.39, 0.29) is 6.04 Å². The van der Waals surface area contributed by atoms with E-state index < -0.39 is 17.5 Å². The molecule has 3 N–H and O–H groups in total. The minimum Gasteiger partial charge on any atom is -0.480 e. The highest BCUT2D eigenvalue weighted by Gasteiger charge is 2.30. The van der Waals surface area contributed by atoms with Gasteiger partial charge in [0.2, 0.25) is 0 Å². The van der Waals surface area contributed by atoms with Crippen molar-refractivity contribution in [2.75, 3.05) is 0 Å². The van der Waals surface area contributed by atoms with Crippen LogP contribution in [0.4, 0.5) is 4.79 Å². The Morgan fingerprint density at radius 1 is 1.22 bits per heavy atom. The van der Waals surface area contributed by atoms with E-state index in [0.717, 1.165) is 12.8 Å². The molecule has 0 aliphatic heterocycles. The predicted molar refractivity (Wildman–Crippen MR) is 69.4 cm³/mol. The number of aliphatic carboxylic acids is 1. The summed E-state index contributed by atoms with van der Waals surface area (Å²) in [5.74, 6) is -0.527. The topological polar surface area (TPSA) is 78.4 Å². The van der Waals surface area contributed by atoms with E-state index in [1.165, 1.54) is 33.1 Å². The van der Waals surface area contributed by atoms with Gasteiger partial charge in [-0.25, -0.2) is 9.59 Å². The largest absolute Gasteiger partial charge is 0.480 e. The van der Waals surface area contributed by atoms with Crippen LogP contribution in [0.5, 0.6) is 0 Å². The fourth-order valence-corrected chi connectivity index (χ4v) is 2.33. The second kappa shape index (κ2) is 6.07. The average Bonchev–Trinajstić information content (AvgIpc) is 2.29. The minimum absolute atomic E-state index is 0.0925. The summed E-state index contributed by atoms with van der Waals surface area (Å²) in [5, 5.41) is 14.3. The van der Waals surface area contributed by atoms with Gasteiger partial charge >= 0.3 is 12.0 Å². The molecule has 1 atom stereocenters. The van der Waals surface area contributed by atoms with Gasteiger partial charge in [0, 0.05) is 6.04 Å². The number of carboxylic acids is 1. The van der Waals surface area contributed by atoms with Crippen LogP contribution >= 0.6 is 0 Å². The Morgan fingerprint density at radius 2 is 1.78 bits per heavy atom. The second-order valence-electron chi connectivity index (χ2n) is 5.72. The molecule has 0 heterocycles. The van der Waals surface area contributed by atoms with E-state index in [1.54, 1.807) is 0 Å². The first-order chi connectivity index (χ1) is 8.33. The molecule has 0 saturated heterocycles. The lowest BCUT2D eigenvalue weighted by Crippen LogP contribution is -2.55. The number of urea groups is 1. The van der Waals surface area contributed by atoms with Gasteiger partial charge in [0.1, 0.15) is 5.54 Å². The molecule has 0 aromatic carbocycles. The summed E-state index contributed by atoms with van der Waals surface area (Å²) >= 11 is 0. The number of rotatable bonds is 4. The highest BCUT2D eigenvalue weighted by molar-refractivity contribution is 5.85. The van der Waals surface area contributed by atoms with Gasteiger partial charge in [0.05, 0.1) is 0 Å². The van der Waals surface area contributed by atoms with Gasteiger partial charge in [-0.2, -0.15) is 0 Å². The van der Waals surface area contributed by atoms with Gasteiger partial charge in [0.25, 0.3) is 0 Å². The molecule has 1 saturated carbocycles. The standard InChI is InChI=1S/C13H24N2O3/c1-9(10-7-5-4-6-8-10)14-12(18)15-13(2,3)11(16)17/h9-10H,4-8H2,1-3H3,(H,16,17)(H2,14,15,18). The van der Waals surface area contributed by atoms with Gasteiger partial charge in [-0.05, 0) is 39.5 Å². The van der Waals surface area contributed by atoms with Crippen molar-refractivity contribution in [2.24, 2.45) is 5.92 Å². The molecule has 0 radical (unpaired) electrons. The summed E-state index contributed by atoms with van der Waals surface area (Å²) in [7, 11) is 0. The van der Waals surface area contributed by atoms with Crippen molar-refractivity contribution in [1.82, 2.24) is 10.6 Å². The summed E-state index contributed by atoms with van der Waals surface area (Å²) in [6.07, 6.45) is 6.01. The van der Waals surface area contributed by atoms with E-state index in [4.69, 9.17) is 5.11 Å². The Kier molecular flexibility index (Phi) is 4.99. The van der Waals surface area contributed by atoms with Gasteiger partial charge in [-0.3, -0.25) is 0 Å². The number of nitrogens with one attached hydrogen (secondary N) is 2. The van der Waals surface area contributed by atoms with Gasteiger partial charge in [-0.15, -0.1) is 0 Å². The summed E-state index contributed by atoms with van der Waals surface area (Å²) in [5.41, 5.74) is -1.24. The number of carbonyl (C=O) groups excluding carboxylic acids is 1. The molecule has 0 bridgehead atoms. The normalized spacial score (nSPS) is 19.1. The van der Waals surface area contributed by atoms with Crippen molar-refractivity contribution in [3.63, 3.8) is 0 Å². The lowest BCUT2D eigenvalue weighted by atomic mass is 9.84. The van der Waals surface area contributed by atoms with Crippen LogP contribution in [0.15, 0.2) is 0 Å². The Morgan fingerprint density at radius 3 is 2.28 bits per heavy atom. The second-order valence-corrected chi connectivity index (χ2v) is 5.72. The smallest absolute Gasteiger partial charge is 0.328 e. The van der Waals surface area contributed by atoms with E-state index in [0.29, 0.717) is 5.92 Å². The van der Waals surface area contributed by atoms with Crippen LogP contribution in [0.25, 0.3) is 0 Å². The number of carboxylic acid groups (broad SMARTS) is 1. The van der Waals surface area contributed by atoms with Gasteiger partial charge in [-0.1, -0.05) is 19.3 Å². The zero-order valence-electron chi connectivity index (χ0n) is 11.5. The first-order valence-corrected chi connectivity index (χ1v) is 6.65. The molecule has 0 spiro atoms. The van der Waals surface area contributed by atoms with Crippen molar-refractivity contribution in [3.05, 3.63) is 0 Å². The summed E-state index contributed by atoms with van der Waals surface area (Å²) in [6.45, 7) is 4.93. The molecule has 0 aromatic heterocycles. The third kappa shape index (κ3) is 4.20. The Labute approximate surface area is 108 Å². The molecule has 0 aromatic rings. The van der Waals surface area contributed by atoms with Crippen LogP contribution in [0.3, 0.4) is 0 Å². The van der Waals surface area contributed by atoms with Crippen molar-refractivity contribution in [2.45, 2.75) is 64.5 Å². The maximum atomic E-state index is 11.7.